The second-order valence-electron chi connectivity index (χ2n) is 11.4. The molecule has 2 amide bonds. The van der Waals surface area contributed by atoms with E-state index in [1.807, 2.05) is 0 Å². The molecule has 0 spiro atoms. The largest absolute Gasteiger partial charge is 0.392 e. The topological polar surface area (TPSA) is 88.4 Å². The van der Waals surface area contributed by atoms with Crippen molar-refractivity contribution in [2.24, 2.45) is 23.7 Å². The van der Waals surface area contributed by atoms with Crippen molar-refractivity contribution in [1.29, 1.82) is 0 Å². The maximum absolute atomic E-state index is 13.9. The van der Waals surface area contributed by atoms with Crippen molar-refractivity contribution in [3.63, 3.8) is 0 Å². The first-order chi connectivity index (χ1) is 19.1. The lowest BCUT2D eigenvalue weighted by molar-refractivity contribution is -0.155. The van der Waals surface area contributed by atoms with Crippen LogP contribution in [0.4, 0.5) is 35.1 Å². The van der Waals surface area contributed by atoms with Gasteiger partial charge in [-0.15, -0.1) is 0 Å². The third kappa shape index (κ3) is 7.26. The van der Waals surface area contributed by atoms with Crippen molar-refractivity contribution < 1.29 is 44.7 Å². The van der Waals surface area contributed by atoms with Crippen molar-refractivity contribution in [3.05, 3.63) is 29.7 Å². The molecule has 3 aliphatic carbocycles. The Hall–Kier alpha value is -3.00. The molecule has 0 saturated heterocycles. The van der Waals surface area contributed by atoms with E-state index in [-0.39, 0.29) is 36.5 Å². The number of hydrogen-bond donors (Lipinski definition) is 2. The van der Waals surface area contributed by atoms with Gasteiger partial charge in [0.15, 0.2) is 5.65 Å². The van der Waals surface area contributed by atoms with Crippen molar-refractivity contribution in [2.75, 3.05) is 0 Å². The molecular formula is C26H29F8N5O2. The Bertz CT molecular complexity index is 1280. The zero-order valence-corrected chi connectivity index (χ0v) is 21.7. The number of carbonyl (C=O) groups is 2. The van der Waals surface area contributed by atoms with Gasteiger partial charge in [0.25, 0.3) is 0 Å². The molecule has 3 saturated carbocycles. The summed E-state index contributed by atoms with van der Waals surface area (Å²) < 4.78 is 106. The van der Waals surface area contributed by atoms with E-state index in [1.165, 1.54) is 16.9 Å². The van der Waals surface area contributed by atoms with E-state index in [0.717, 1.165) is 12.8 Å². The quantitative estimate of drug-likeness (QED) is 0.358. The van der Waals surface area contributed by atoms with Gasteiger partial charge in [-0.25, -0.2) is 18.3 Å². The summed E-state index contributed by atoms with van der Waals surface area (Å²) in [7, 11) is 0. The zero-order chi connectivity index (χ0) is 29.7. The lowest BCUT2D eigenvalue weighted by atomic mass is 9.81. The van der Waals surface area contributed by atoms with Crippen LogP contribution < -0.4 is 10.6 Å². The van der Waals surface area contributed by atoms with Crippen LogP contribution in [0.3, 0.4) is 0 Å². The fraction of sp³-hybridized carbons (Fsp3) is 0.692. The van der Waals surface area contributed by atoms with Gasteiger partial charge in [0.2, 0.25) is 17.7 Å². The minimum atomic E-state index is -4.51. The van der Waals surface area contributed by atoms with Crippen LogP contribution in [0.1, 0.15) is 81.1 Å². The smallest absolute Gasteiger partial charge is 0.349 e. The summed E-state index contributed by atoms with van der Waals surface area (Å²) in [5, 5.41) is 9.57. The molecule has 41 heavy (non-hydrogen) atoms. The Labute approximate surface area is 229 Å². The van der Waals surface area contributed by atoms with Crippen LogP contribution in [-0.4, -0.2) is 44.7 Å². The summed E-state index contributed by atoms with van der Waals surface area (Å²) in [6, 6.07) is 0.0935. The van der Waals surface area contributed by atoms with Crippen LogP contribution in [0.25, 0.3) is 5.65 Å². The predicted molar refractivity (Wildman–Crippen MR) is 127 cm³/mol. The fourth-order valence-corrected chi connectivity index (χ4v) is 5.57. The van der Waals surface area contributed by atoms with Gasteiger partial charge >= 0.3 is 12.4 Å². The highest BCUT2D eigenvalue weighted by Crippen LogP contribution is 2.51. The molecule has 2 N–H and O–H groups in total. The Kier molecular flexibility index (Phi) is 7.68. The number of amides is 2. The molecular weight excluding hydrogens is 566 g/mol. The summed E-state index contributed by atoms with van der Waals surface area (Å²) in [6.45, 7) is 0. The lowest BCUT2D eigenvalue weighted by Gasteiger charge is -2.33. The van der Waals surface area contributed by atoms with Gasteiger partial charge in [0, 0.05) is 19.3 Å². The standard InChI is InChI=1S/C26H29F8N5O2/c27-24(28)6-3-14(4-7-24)22(38-23(41)16-10-17(16)26(32,33)34)18-12-39-19(36-18)9-15(11-35-39)21(13-1-2-13)37-20(40)5-8-25(29,30)31/h9,11-14,16-17,21-22H,1-8,10H2,(H,37,40)(H,38,41)/t16?,17?,21-,22+/m1/s1. The minimum Gasteiger partial charge on any atom is -0.349 e. The Morgan fingerprint density at radius 2 is 1.66 bits per heavy atom. The first-order valence-electron chi connectivity index (χ1n) is 13.6. The highest BCUT2D eigenvalue weighted by atomic mass is 19.4. The summed E-state index contributed by atoms with van der Waals surface area (Å²) in [4.78, 5) is 29.5. The van der Waals surface area contributed by atoms with Crippen molar-refractivity contribution >= 4 is 17.5 Å². The molecule has 2 aromatic rings. The van der Waals surface area contributed by atoms with Gasteiger partial charge in [-0.3, -0.25) is 9.59 Å². The number of alkyl halides is 8. The van der Waals surface area contributed by atoms with Crippen LogP contribution in [0, 0.1) is 23.7 Å². The normalized spacial score (nSPS) is 24.6. The average molecular weight is 596 g/mol. The monoisotopic (exact) mass is 595 g/mol. The van der Waals surface area contributed by atoms with Gasteiger partial charge in [-0.2, -0.15) is 31.4 Å². The summed E-state index contributed by atoms with van der Waals surface area (Å²) in [5.74, 6) is -7.88. The highest BCUT2D eigenvalue weighted by Gasteiger charge is 2.59. The van der Waals surface area contributed by atoms with Crippen molar-refractivity contribution in [2.45, 2.75) is 88.1 Å². The Morgan fingerprint density at radius 3 is 2.24 bits per heavy atom. The van der Waals surface area contributed by atoms with Crippen molar-refractivity contribution in [3.8, 4) is 0 Å². The van der Waals surface area contributed by atoms with Crippen LogP contribution in [0.5, 0.6) is 0 Å². The van der Waals surface area contributed by atoms with E-state index in [9.17, 15) is 44.7 Å². The molecule has 0 bridgehead atoms. The molecule has 15 heteroatoms. The third-order valence-electron chi connectivity index (χ3n) is 8.16. The number of fused-ring (bicyclic) bond motifs is 1. The molecule has 3 aliphatic rings. The van der Waals surface area contributed by atoms with Crippen LogP contribution in [0.2, 0.25) is 0 Å². The van der Waals surface area contributed by atoms with E-state index in [2.05, 4.69) is 20.7 Å². The number of nitrogens with one attached hydrogen (secondary N) is 2. The Morgan fingerprint density at radius 1 is 1.00 bits per heavy atom. The van der Waals surface area contributed by atoms with E-state index in [0.29, 0.717) is 5.56 Å². The zero-order valence-electron chi connectivity index (χ0n) is 21.7. The van der Waals surface area contributed by atoms with E-state index in [4.69, 9.17) is 0 Å². The predicted octanol–water partition coefficient (Wildman–Crippen LogP) is 5.82. The fourth-order valence-electron chi connectivity index (χ4n) is 5.57. The van der Waals surface area contributed by atoms with Gasteiger partial charge < -0.3 is 10.6 Å². The minimum absolute atomic E-state index is 0.0135. The first kappa shape index (κ1) is 29.5. The molecule has 2 heterocycles. The second kappa shape index (κ2) is 10.7. The average Bonchev–Trinajstić information content (AvgIpc) is 3.79. The number of rotatable bonds is 9. The van der Waals surface area contributed by atoms with E-state index < -0.39 is 85.6 Å². The van der Waals surface area contributed by atoms with Crippen LogP contribution in [-0.2, 0) is 9.59 Å². The molecule has 3 fully saturated rings. The van der Waals surface area contributed by atoms with Gasteiger partial charge in [0.05, 0.1) is 48.4 Å². The van der Waals surface area contributed by atoms with Crippen LogP contribution >= 0.6 is 0 Å². The van der Waals surface area contributed by atoms with Crippen molar-refractivity contribution in [1.82, 2.24) is 25.2 Å². The van der Waals surface area contributed by atoms with Gasteiger partial charge in [-0.1, -0.05) is 0 Å². The first-order valence-corrected chi connectivity index (χ1v) is 13.6. The number of nitrogens with zero attached hydrogens (tertiary/aromatic N) is 3. The van der Waals surface area contributed by atoms with Gasteiger partial charge in [0.1, 0.15) is 0 Å². The number of hydrogen-bond acceptors (Lipinski definition) is 4. The number of imidazole rings is 1. The lowest BCUT2D eigenvalue weighted by Crippen LogP contribution is -2.38. The molecule has 0 aliphatic heterocycles. The van der Waals surface area contributed by atoms with E-state index >= 15 is 0 Å². The summed E-state index contributed by atoms with van der Waals surface area (Å²) in [6.07, 6.45) is -7.62. The number of carbonyl (C=O) groups excluding carboxylic acids is 2. The third-order valence-corrected chi connectivity index (χ3v) is 8.16. The van der Waals surface area contributed by atoms with E-state index in [1.54, 1.807) is 6.07 Å². The van der Waals surface area contributed by atoms with Crippen LogP contribution in [0.15, 0.2) is 18.5 Å². The summed E-state index contributed by atoms with van der Waals surface area (Å²) >= 11 is 0. The Balaban J connectivity index is 1.36. The highest BCUT2D eigenvalue weighted by molar-refractivity contribution is 5.82. The molecule has 2 unspecified atom stereocenters. The molecule has 4 atom stereocenters. The maximum atomic E-state index is 13.9. The van der Waals surface area contributed by atoms with Gasteiger partial charge in [-0.05, 0) is 55.6 Å². The molecule has 5 rings (SSSR count). The molecule has 226 valence electrons. The number of aromatic nitrogens is 3. The molecule has 0 radical (unpaired) electrons. The second-order valence-corrected chi connectivity index (χ2v) is 11.4. The summed E-state index contributed by atoms with van der Waals surface area (Å²) in [5.41, 5.74) is 1.04. The SMILES string of the molecule is O=C(CCC(F)(F)F)N[C@@H](c1cnn2cc([C@@H](NC(=O)C3CC3C(F)(F)F)C3CCC(F)(F)CC3)nc2c1)C1CC1. The molecule has 7 nitrogen and oxygen atoms in total. The number of halogens is 8. The maximum Gasteiger partial charge on any atom is 0.392 e. The molecule has 0 aromatic carbocycles. The molecule has 2 aromatic heterocycles.